The highest BCUT2D eigenvalue weighted by molar-refractivity contribution is 6.02. The number of anilines is 1. The lowest BCUT2D eigenvalue weighted by Crippen LogP contribution is -2.08. The summed E-state index contributed by atoms with van der Waals surface area (Å²) in [6, 6.07) is 13.2. The summed E-state index contributed by atoms with van der Waals surface area (Å²) in [5.41, 5.74) is 2.32. The van der Waals surface area contributed by atoms with Crippen LogP contribution in [0.2, 0.25) is 0 Å². The Morgan fingerprint density at radius 3 is 2.00 bits per heavy atom. The molecule has 0 saturated heterocycles. The van der Waals surface area contributed by atoms with Crippen molar-refractivity contribution in [1.82, 2.24) is 0 Å². The standard InChI is InChI=1S/C21H19NO5/c1-2-27-20(24)14-8-16-5-3-15(4-6-16)7-13-19(23)22-18-11-9-17(10-12-18)21(25)26/h3-14H,2H2,1H3,(H,22,23)(H,25,26)/b13-7-,14-8-. The lowest BCUT2D eigenvalue weighted by Gasteiger charge is -2.02. The minimum absolute atomic E-state index is 0.153. The number of hydrogen-bond donors (Lipinski definition) is 2. The maximum atomic E-state index is 11.9. The van der Waals surface area contributed by atoms with Crippen LogP contribution in [0.15, 0.2) is 60.7 Å². The van der Waals surface area contributed by atoms with Crippen LogP contribution < -0.4 is 5.32 Å². The summed E-state index contributed by atoms with van der Waals surface area (Å²) in [5.74, 6) is -1.74. The molecule has 0 aliphatic rings. The van der Waals surface area contributed by atoms with Crippen LogP contribution in [0, 0.1) is 0 Å². The molecule has 0 heterocycles. The second kappa shape index (κ2) is 9.72. The Labute approximate surface area is 156 Å². The third-order valence-electron chi connectivity index (χ3n) is 3.46. The number of benzene rings is 2. The number of amides is 1. The van der Waals surface area contributed by atoms with Gasteiger partial charge in [0.05, 0.1) is 12.2 Å². The van der Waals surface area contributed by atoms with E-state index >= 15 is 0 Å². The molecular weight excluding hydrogens is 346 g/mol. The molecular formula is C21H19NO5. The Balaban J connectivity index is 1.91. The second-order valence-corrected chi connectivity index (χ2v) is 5.46. The molecule has 6 nitrogen and oxygen atoms in total. The fourth-order valence-corrected chi connectivity index (χ4v) is 2.12. The molecule has 2 rings (SSSR count). The van der Waals surface area contributed by atoms with Crippen molar-refractivity contribution in [2.24, 2.45) is 0 Å². The van der Waals surface area contributed by atoms with Gasteiger partial charge in [0.25, 0.3) is 0 Å². The van der Waals surface area contributed by atoms with Crippen molar-refractivity contribution in [2.45, 2.75) is 6.92 Å². The maximum Gasteiger partial charge on any atom is 0.335 e. The van der Waals surface area contributed by atoms with Crippen LogP contribution in [0.3, 0.4) is 0 Å². The second-order valence-electron chi connectivity index (χ2n) is 5.46. The van der Waals surface area contributed by atoms with Crippen molar-refractivity contribution in [1.29, 1.82) is 0 Å². The fraction of sp³-hybridized carbons (Fsp3) is 0.0952. The molecule has 0 aliphatic heterocycles. The third kappa shape index (κ3) is 6.62. The minimum Gasteiger partial charge on any atom is -0.478 e. The molecule has 0 unspecified atom stereocenters. The summed E-state index contributed by atoms with van der Waals surface area (Å²) < 4.78 is 4.81. The van der Waals surface area contributed by atoms with Gasteiger partial charge in [0, 0.05) is 17.8 Å². The number of ether oxygens (including phenoxy) is 1. The average Bonchev–Trinajstić information content (AvgIpc) is 2.66. The van der Waals surface area contributed by atoms with Crippen molar-refractivity contribution < 1.29 is 24.2 Å². The molecule has 0 fully saturated rings. The molecule has 0 saturated carbocycles. The van der Waals surface area contributed by atoms with Gasteiger partial charge < -0.3 is 15.2 Å². The first-order valence-corrected chi connectivity index (χ1v) is 8.25. The highest BCUT2D eigenvalue weighted by Gasteiger charge is 2.03. The molecule has 0 aromatic heterocycles. The van der Waals surface area contributed by atoms with Crippen LogP contribution >= 0.6 is 0 Å². The number of aromatic carboxylic acids is 1. The summed E-state index contributed by atoms with van der Waals surface area (Å²) in [5, 5.41) is 11.5. The first kappa shape index (κ1) is 19.7. The number of carboxylic acids is 1. The fourth-order valence-electron chi connectivity index (χ4n) is 2.12. The number of carbonyl (C=O) groups is 3. The lowest BCUT2D eigenvalue weighted by atomic mass is 10.1. The van der Waals surface area contributed by atoms with Crippen LogP contribution in [0.25, 0.3) is 12.2 Å². The lowest BCUT2D eigenvalue weighted by molar-refractivity contribution is -0.137. The summed E-state index contributed by atoms with van der Waals surface area (Å²) >= 11 is 0. The molecule has 138 valence electrons. The molecule has 0 spiro atoms. The van der Waals surface area contributed by atoms with E-state index in [9.17, 15) is 14.4 Å². The molecule has 6 heteroatoms. The number of nitrogens with one attached hydrogen (secondary N) is 1. The van der Waals surface area contributed by atoms with Gasteiger partial charge >= 0.3 is 11.9 Å². The zero-order valence-electron chi connectivity index (χ0n) is 14.7. The summed E-state index contributed by atoms with van der Waals surface area (Å²) in [4.78, 5) is 34.0. The number of carbonyl (C=O) groups excluding carboxylic acids is 2. The van der Waals surface area contributed by atoms with Gasteiger partial charge in [-0.2, -0.15) is 0 Å². The van der Waals surface area contributed by atoms with Crippen molar-refractivity contribution in [2.75, 3.05) is 11.9 Å². The van der Waals surface area contributed by atoms with Crippen LogP contribution in [-0.4, -0.2) is 29.6 Å². The molecule has 2 aromatic rings. The van der Waals surface area contributed by atoms with Crippen LogP contribution in [-0.2, 0) is 14.3 Å². The van der Waals surface area contributed by atoms with Gasteiger partial charge in [0.1, 0.15) is 0 Å². The summed E-state index contributed by atoms with van der Waals surface area (Å²) in [6.45, 7) is 2.08. The van der Waals surface area contributed by atoms with Gasteiger partial charge in [0.15, 0.2) is 0 Å². The van der Waals surface area contributed by atoms with Crippen LogP contribution in [0.1, 0.15) is 28.4 Å². The van der Waals surface area contributed by atoms with E-state index in [4.69, 9.17) is 9.84 Å². The molecule has 0 aliphatic carbocycles. The Hall–Kier alpha value is -3.67. The molecule has 0 radical (unpaired) electrons. The van der Waals surface area contributed by atoms with E-state index in [2.05, 4.69) is 5.32 Å². The molecule has 0 bridgehead atoms. The van der Waals surface area contributed by atoms with Crippen molar-refractivity contribution >= 4 is 35.7 Å². The van der Waals surface area contributed by atoms with E-state index in [1.165, 1.54) is 36.4 Å². The SMILES string of the molecule is CCOC(=O)/C=C\c1ccc(/C=C\C(=O)Nc2ccc(C(=O)O)cc2)cc1. The van der Waals surface area contributed by atoms with Gasteiger partial charge in [-0.1, -0.05) is 24.3 Å². The first-order chi connectivity index (χ1) is 13.0. The topological polar surface area (TPSA) is 92.7 Å². The molecule has 0 atom stereocenters. The predicted molar refractivity (Wildman–Crippen MR) is 103 cm³/mol. The predicted octanol–water partition coefficient (Wildman–Crippen LogP) is 3.61. The molecule has 2 aromatic carbocycles. The van der Waals surface area contributed by atoms with E-state index in [-0.39, 0.29) is 11.5 Å². The van der Waals surface area contributed by atoms with Crippen LogP contribution in [0.4, 0.5) is 5.69 Å². The van der Waals surface area contributed by atoms with E-state index < -0.39 is 11.9 Å². The number of esters is 1. The smallest absolute Gasteiger partial charge is 0.335 e. The minimum atomic E-state index is -1.02. The average molecular weight is 365 g/mol. The summed E-state index contributed by atoms with van der Waals surface area (Å²) in [6.07, 6.45) is 6.05. The van der Waals surface area contributed by atoms with Crippen LogP contribution in [0.5, 0.6) is 0 Å². The van der Waals surface area contributed by atoms with Crippen molar-refractivity contribution in [3.63, 3.8) is 0 Å². The van der Waals surface area contributed by atoms with Gasteiger partial charge in [-0.05, 0) is 54.5 Å². The van der Waals surface area contributed by atoms with E-state index in [1.807, 2.05) is 24.3 Å². The Morgan fingerprint density at radius 1 is 0.926 bits per heavy atom. The van der Waals surface area contributed by atoms with E-state index in [0.717, 1.165) is 11.1 Å². The highest BCUT2D eigenvalue weighted by Crippen LogP contribution is 2.11. The zero-order chi connectivity index (χ0) is 19.6. The number of carboxylic acid groups (broad SMARTS) is 1. The Kier molecular flexibility index (Phi) is 7.07. The largest absolute Gasteiger partial charge is 0.478 e. The monoisotopic (exact) mass is 365 g/mol. The first-order valence-electron chi connectivity index (χ1n) is 8.25. The van der Waals surface area contributed by atoms with Gasteiger partial charge in [0.2, 0.25) is 5.91 Å². The Bertz CT molecular complexity index is 864. The maximum absolute atomic E-state index is 11.9. The van der Waals surface area contributed by atoms with Crippen molar-refractivity contribution in [3.8, 4) is 0 Å². The van der Waals surface area contributed by atoms with Crippen molar-refractivity contribution in [3.05, 3.63) is 77.4 Å². The van der Waals surface area contributed by atoms with E-state index in [0.29, 0.717) is 12.3 Å². The quantitative estimate of drug-likeness (QED) is 0.577. The van der Waals surface area contributed by atoms with E-state index in [1.54, 1.807) is 19.1 Å². The normalized spacial score (nSPS) is 10.9. The molecule has 1 amide bonds. The number of hydrogen-bond acceptors (Lipinski definition) is 4. The van der Waals surface area contributed by atoms with Gasteiger partial charge in [-0.3, -0.25) is 4.79 Å². The molecule has 2 N–H and O–H groups in total. The Morgan fingerprint density at radius 2 is 1.48 bits per heavy atom. The zero-order valence-corrected chi connectivity index (χ0v) is 14.7. The number of rotatable bonds is 7. The third-order valence-corrected chi connectivity index (χ3v) is 3.46. The van der Waals surface area contributed by atoms with Gasteiger partial charge in [-0.25, -0.2) is 9.59 Å². The van der Waals surface area contributed by atoms with Gasteiger partial charge in [-0.15, -0.1) is 0 Å². The molecule has 27 heavy (non-hydrogen) atoms. The highest BCUT2D eigenvalue weighted by atomic mass is 16.5. The summed E-state index contributed by atoms with van der Waals surface area (Å²) in [7, 11) is 0.